The summed E-state index contributed by atoms with van der Waals surface area (Å²) in [6, 6.07) is 19.2. The van der Waals surface area contributed by atoms with Crippen LogP contribution in [0.25, 0.3) is 31.8 Å². The van der Waals surface area contributed by atoms with Crippen molar-refractivity contribution in [2.75, 3.05) is 5.32 Å². The topological polar surface area (TPSA) is 81.8 Å². The number of fused-ring (bicyclic) bond motifs is 2. The fourth-order valence-corrected chi connectivity index (χ4v) is 4.54. The number of hydrogen-bond donors (Lipinski definition) is 1. The lowest BCUT2D eigenvalue weighted by Gasteiger charge is -2.06. The van der Waals surface area contributed by atoms with Gasteiger partial charge in [0, 0.05) is 31.8 Å². The van der Waals surface area contributed by atoms with E-state index in [0.717, 1.165) is 31.8 Å². The first-order valence-electron chi connectivity index (χ1n) is 9.86. The van der Waals surface area contributed by atoms with Crippen LogP contribution in [0.3, 0.4) is 0 Å². The van der Waals surface area contributed by atoms with E-state index in [2.05, 4.69) is 15.3 Å². The van der Waals surface area contributed by atoms with Crippen molar-refractivity contribution in [3.8, 4) is 10.6 Å². The molecule has 0 saturated carbocycles. The predicted molar refractivity (Wildman–Crippen MR) is 123 cm³/mol. The van der Waals surface area contributed by atoms with E-state index in [1.807, 2.05) is 54.6 Å². The Balaban J connectivity index is 1.27. The summed E-state index contributed by atoms with van der Waals surface area (Å²) >= 11 is 1.61. The summed E-state index contributed by atoms with van der Waals surface area (Å²) < 4.78 is 4.34. The SMILES string of the molecule is Cn1c(=O)n(CCC(=O)Nc2ccc(-c3nc4ccccc4s3)cn2)c2ccccc21. The van der Waals surface area contributed by atoms with Crippen LogP contribution in [0.1, 0.15) is 6.42 Å². The molecular formula is C23H19N5O2S. The maximum atomic E-state index is 12.5. The normalized spacial score (nSPS) is 11.3. The number of imidazole rings is 1. The highest BCUT2D eigenvalue weighted by Crippen LogP contribution is 2.29. The molecule has 0 aliphatic heterocycles. The number of anilines is 1. The monoisotopic (exact) mass is 429 g/mol. The summed E-state index contributed by atoms with van der Waals surface area (Å²) in [5.41, 5.74) is 3.40. The van der Waals surface area contributed by atoms with Crippen LogP contribution in [0.2, 0.25) is 0 Å². The molecule has 0 radical (unpaired) electrons. The molecule has 2 aromatic carbocycles. The van der Waals surface area contributed by atoms with Crippen LogP contribution in [0, 0.1) is 0 Å². The van der Waals surface area contributed by atoms with Crippen molar-refractivity contribution in [1.82, 2.24) is 19.1 Å². The summed E-state index contributed by atoms with van der Waals surface area (Å²) in [6.07, 6.45) is 1.89. The number of rotatable bonds is 5. The third-order valence-electron chi connectivity index (χ3n) is 5.19. The second kappa shape index (κ2) is 7.81. The first kappa shape index (κ1) is 19.2. The Hall–Kier alpha value is -3.78. The summed E-state index contributed by atoms with van der Waals surface area (Å²) in [5, 5.41) is 3.69. The number of aromatic nitrogens is 4. The molecule has 0 unspecified atom stereocenters. The average Bonchev–Trinajstić information content (AvgIpc) is 3.33. The third kappa shape index (κ3) is 3.62. The highest BCUT2D eigenvalue weighted by atomic mass is 32.1. The summed E-state index contributed by atoms with van der Waals surface area (Å²) in [4.78, 5) is 33.9. The van der Waals surface area contributed by atoms with Gasteiger partial charge in [-0.25, -0.2) is 14.8 Å². The highest BCUT2D eigenvalue weighted by molar-refractivity contribution is 7.21. The number of benzene rings is 2. The number of nitrogens with zero attached hydrogens (tertiary/aromatic N) is 4. The largest absolute Gasteiger partial charge is 0.328 e. The first-order valence-corrected chi connectivity index (χ1v) is 10.7. The number of nitrogens with one attached hydrogen (secondary N) is 1. The predicted octanol–water partition coefficient (Wildman–Crippen LogP) is 4.04. The zero-order valence-electron chi connectivity index (χ0n) is 16.8. The fraction of sp³-hybridized carbons (Fsp3) is 0.130. The van der Waals surface area contributed by atoms with Crippen LogP contribution >= 0.6 is 11.3 Å². The average molecular weight is 430 g/mol. The van der Waals surface area contributed by atoms with Gasteiger partial charge in [0.2, 0.25) is 5.91 Å². The molecule has 0 fully saturated rings. The van der Waals surface area contributed by atoms with E-state index in [9.17, 15) is 9.59 Å². The van der Waals surface area contributed by atoms with E-state index < -0.39 is 0 Å². The Morgan fingerprint density at radius 1 is 1.03 bits per heavy atom. The number of carbonyl (C=O) groups excluding carboxylic acids is 1. The Morgan fingerprint density at radius 2 is 1.81 bits per heavy atom. The maximum absolute atomic E-state index is 12.5. The molecule has 7 nitrogen and oxygen atoms in total. The van der Waals surface area contributed by atoms with Crippen LogP contribution in [0.15, 0.2) is 71.7 Å². The number of amides is 1. The molecule has 1 N–H and O–H groups in total. The lowest BCUT2D eigenvalue weighted by atomic mass is 10.3. The van der Waals surface area contributed by atoms with Gasteiger partial charge in [-0.1, -0.05) is 24.3 Å². The minimum absolute atomic E-state index is 0.132. The lowest BCUT2D eigenvalue weighted by Crippen LogP contribution is -2.24. The Morgan fingerprint density at radius 3 is 2.58 bits per heavy atom. The van der Waals surface area contributed by atoms with Gasteiger partial charge in [-0.05, 0) is 36.4 Å². The lowest BCUT2D eigenvalue weighted by molar-refractivity contribution is -0.116. The van der Waals surface area contributed by atoms with Gasteiger partial charge in [-0.3, -0.25) is 13.9 Å². The Labute approximate surface area is 181 Å². The molecule has 0 atom stereocenters. The molecular weight excluding hydrogens is 410 g/mol. The van der Waals surface area contributed by atoms with E-state index in [1.165, 1.54) is 0 Å². The zero-order chi connectivity index (χ0) is 21.4. The van der Waals surface area contributed by atoms with Crippen LogP contribution in [0.4, 0.5) is 5.82 Å². The van der Waals surface area contributed by atoms with Crippen LogP contribution < -0.4 is 11.0 Å². The molecule has 5 aromatic rings. The Bertz CT molecular complexity index is 1430. The Kier molecular flexibility index (Phi) is 4.83. The van der Waals surface area contributed by atoms with Gasteiger partial charge in [0.25, 0.3) is 0 Å². The van der Waals surface area contributed by atoms with E-state index in [0.29, 0.717) is 12.4 Å². The molecule has 8 heteroatoms. The second-order valence-corrected chi connectivity index (χ2v) is 8.23. The van der Waals surface area contributed by atoms with Gasteiger partial charge < -0.3 is 5.32 Å². The van der Waals surface area contributed by atoms with Crippen molar-refractivity contribution in [3.63, 3.8) is 0 Å². The molecule has 0 bridgehead atoms. The number of para-hydroxylation sites is 3. The van der Waals surface area contributed by atoms with Gasteiger partial charge in [-0.15, -0.1) is 11.3 Å². The molecule has 31 heavy (non-hydrogen) atoms. The standard InChI is InChI=1S/C23H19N5O2S/c1-27-17-7-3-4-8-18(17)28(23(27)30)13-12-21(29)26-20-11-10-15(14-24-20)22-25-16-6-2-5-9-19(16)31-22/h2-11,14H,12-13H2,1H3,(H,24,26,29). The number of hydrogen-bond acceptors (Lipinski definition) is 5. The molecule has 3 aromatic heterocycles. The van der Waals surface area contributed by atoms with Crippen molar-refractivity contribution in [3.05, 3.63) is 77.3 Å². The minimum Gasteiger partial charge on any atom is -0.311 e. The van der Waals surface area contributed by atoms with E-state index in [-0.39, 0.29) is 18.0 Å². The zero-order valence-corrected chi connectivity index (χ0v) is 17.6. The number of pyridine rings is 1. The number of carbonyl (C=O) groups is 1. The van der Waals surface area contributed by atoms with Gasteiger partial charge in [0.15, 0.2) is 0 Å². The van der Waals surface area contributed by atoms with Crippen LogP contribution in [-0.2, 0) is 18.4 Å². The molecule has 3 heterocycles. The van der Waals surface area contributed by atoms with Gasteiger partial charge in [0.1, 0.15) is 10.8 Å². The van der Waals surface area contributed by atoms with Crippen molar-refractivity contribution < 1.29 is 4.79 Å². The summed E-state index contributed by atoms with van der Waals surface area (Å²) in [5.74, 6) is 0.278. The fourth-order valence-electron chi connectivity index (χ4n) is 3.59. The van der Waals surface area contributed by atoms with Gasteiger partial charge >= 0.3 is 5.69 Å². The minimum atomic E-state index is -0.194. The molecule has 0 spiro atoms. The smallest absolute Gasteiger partial charge is 0.311 e. The molecule has 1 amide bonds. The van der Waals surface area contributed by atoms with Crippen LogP contribution in [0.5, 0.6) is 0 Å². The highest BCUT2D eigenvalue weighted by Gasteiger charge is 2.12. The summed E-state index contributed by atoms with van der Waals surface area (Å²) in [6.45, 7) is 0.301. The van der Waals surface area contributed by atoms with E-state index in [4.69, 9.17) is 0 Å². The third-order valence-corrected chi connectivity index (χ3v) is 6.27. The first-order chi connectivity index (χ1) is 15.1. The number of thiazole rings is 1. The summed E-state index contributed by atoms with van der Waals surface area (Å²) in [7, 11) is 1.73. The molecule has 0 aliphatic carbocycles. The second-order valence-electron chi connectivity index (χ2n) is 7.20. The molecule has 0 saturated heterocycles. The number of aryl methyl sites for hydroxylation is 2. The maximum Gasteiger partial charge on any atom is 0.328 e. The van der Waals surface area contributed by atoms with Gasteiger partial charge in [0.05, 0.1) is 21.3 Å². The van der Waals surface area contributed by atoms with E-state index in [1.54, 1.807) is 39.8 Å². The molecule has 154 valence electrons. The quantitative estimate of drug-likeness (QED) is 0.457. The molecule has 5 rings (SSSR count). The molecule has 0 aliphatic rings. The van der Waals surface area contributed by atoms with Crippen molar-refractivity contribution >= 4 is 44.3 Å². The van der Waals surface area contributed by atoms with E-state index >= 15 is 0 Å². The van der Waals surface area contributed by atoms with Crippen LogP contribution in [-0.4, -0.2) is 25.0 Å². The van der Waals surface area contributed by atoms with Crippen molar-refractivity contribution in [2.24, 2.45) is 7.05 Å². The van der Waals surface area contributed by atoms with Crippen molar-refractivity contribution in [1.29, 1.82) is 0 Å². The van der Waals surface area contributed by atoms with Crippen molar-refractivity contribution in [2.45, 2.75) is 13.0 Å². The van der Waals surface area contributed by atoms with Gasteiger partial charge in [-0.2, -0.15) is 0 Å².